The molecular weight excluding hydrogens is 316 g/mol. The molecule has 0 unspecified atom stereocenters. The summed E-state index contributed by atoms with van der Waals surface area (Å²) in [6.07, 6.45) is 6.06. The first-order chi connectivity index (χ1) is 12.2. The number of aromatic nitrogens is 1. The van der Waals surface area contributed by atoms with E-state index in [0.29, 0.717) is 12.8 Å². The summed E-state index contributed by atoms with van der Waals surface area (Å²) in [4.78, 5) is 16.8. The zero-order valence-corrected chi connectivity index (χ0v) is 14.4. The van der Waals surface area contributed by atoms with E-state index >= 15 is 0 Å². The third-order valence-electron chi connectivity index (χ3n) is 4.84. The Labute approximate surface area is 148 Å². The zero-order chi connectivity index (χ0) is 17.6. The van der Waals surface area contributed by atoms with Gasteiger partial charge in [0.1, 0.15) is 5.75 Å². The quantitative estimate of drug-likeness (QED) is 0.878. The van der Waals surface area contributed by atoms with E-state index in [9.17, 15) is 9.90 Å². The predicted octanol–water partition coefficient (Wildman–Crippen LogP) is 2.85. The van der Waals surface area contributed by atoms with Crippen molar-refractivity contribution < 1.29 is 14.6 Å². The molecule has 1 atom stereocenters. The molecule has 132 valence electrons. The minimum absolute atomic E-state index is 0.0361. The minimum Gasteiger partial charge on any atom is -0.497 e. The normalized spacial score (nSPS) is 21.4. The van der Waals surface area contributed by atoms with Gasteiger partial charge in [-0.3, -0.25) is 9.78 Å². The molecule has 1 fully saturated rings. The molecule has 0 radical (unpaired) electrons. The third kappa shape index (κ3) is 4.37. The van der Waals surface area contributed by atoms with E-state index in [2.05, 4.69) is 10.3 Å². The van der Waals surface area contributed by atoms with Crippen molar-refractivity contribution in [3.8, 4) is 5.75 Å². The topological polar surface area (TPSA) is 71.5 Å². The van der Waals surface area contributed by atoms with Gasteiger partial charge in [-0.25, -0.2) is 0 Å². The van der Waals surface area contributed by atoms with Gasteiger partial charge in [-0.05, 0) is 61.1 Å². The van der Waals surface area contributed by atoms with E-state index in [4.69, 9.17) is 4.74 Å². The third-order valence-corrected chi connectivity index (χ3v) is 4.84. The van der Waals surface area contributed by atoms with Crippen LogP contribution in [0.5, 0.6) is 5.75 Å². The number of nitrogens with one attached hydrogen (secondary N) is 1. The Balaban J connectivity index is 1.80. The summed E-state index contributed by atoms with van der Waals surface area (Å²) >= 11 is 0. The Hall–Kier alpha value is -2.40. The van der Waals surface area contributed by atoms with Crippen LogP contribution in [0.4, 0.5) is 0 Å². The lowest BCUT2D eigenvalue weighted by Gasteiger charge is -2.27. The summed E-state index contributed by atoms with van der Waals surface area (Å²) in [5, 5.41) is 12.8. The number of amides is 1. The molecular formula is C20H24N2O3. The van der Waals surface area contributed by atoms with Crippen LogP contribution in [0.3, 0.4) is 0 Å². The second-order valence-electron chi connectivity index (χ2n) is 6.50. The zero-order valence-electron chi connectivity index (χ0n) is 14.4. The number of nitrogens with zero attached hydrogens (tertiary/aromatic N) is 1. The van der Waals surface area contributed by atoms with Gasteiger partial charge < -0.3 is 15.2 Å². The number of aliphatic hydroxyl groups is 1. The van der Waals surface area contributed by atoms with Crippen LogP contribution >= 0.6 is 0 Å². The van der Waals surface area contributed by atoms with Crippen molar-refractivity contribution in [3.05, 3.63) is 59.9 Å². The van der Waals surface area contributed by atoms with Gasteiger partial charge in [0, 0.05) is 18.3 Å². The molecule has 2 N–H and O–H groups in total. The van der Waals surface area contributed by atoms with Crippen LogP contribution in [-0.4, -0.2) is 29.2 Å². The molecule has 5 nitrogen and oxygen atoms in total. The van der Waals surface area contributed by atoms with E-state index in [1.165, 1.54) is 0 Å². The average molecular weight is 340 g/mol. The summed E-state index contributed by atoms with van der Waals surface area (Å²) in [5.41, 5.74) is 1.99. The molecule has 0 spiro atoms. The number of rotatable bonds is 5. The SMILES string of the molecule is COc1ccc([C@@H](NC(=O)C2CCC(O)CC2)c2ccncc2)cc1. The summed E-state index contributed by atoms with van der Waals surface area (Å²) in [5.74, 6) is 0.792. The fourth-order valence-electron chi connectivity index (χ4n) is 3.31. The molecule has 2 aromatic rings. The molecule has 0 saturated heterocycles. The first-order valence-corrected chi connectivity index (χ1v) is 8.69. The number of ether oxygens (including phenoxy) is 1. The molecule has 1 heterocycles. The fourth-order valence-corrected chi connectivity index (χ4v) is 3.31. The van der Waals surface area contributed by atoms with Crippen molar-refractivity contribution >= 4 is 5.91 Å². The second-order valence-corrected chi connectivity index (χ2v) is 6.50. The lowest BCUT2D eigenvalue weighted by atomic mass is 9.86. The van der Waals surface area contributed by atoms with Crippen LogP contribution < -0.4 is 10.1 Å². The fraction of sp³-hybridized carbons (Fsp3) is 0.400. The van der Waals surface area contributed by atoms with Crippen molar-refractivity contribution in [1.82, 2.24) is 10.3 Å². The minimum atomic E-state index is -0.262. The predicted molar refractivity (Wildman–Crippen MR) is 95.2 cm³/mol. The summed E-state index contributed by atoms with van der Waals surface area (Å²) in [6.45, 7) is 0. The van der Waals surface area contributed by atoms with Gasteiger partial charge in [-0.2, -0.15) is 0 Å². The number of carbonyl (C=O) groups is 1. The monoisotopic (exact) mass is 340 g/mol. The second kappa shape index (κ2) is 8.12. The Bertz CT molecular complexity index is 680. The van der Waals surface area contributed by atoms with Gasteiger partial charge >= 0.3 is 0 Å². The molecule has 0 aliphatic heterocycles. The van der Waals surface area contributed by atoms with E-state index in [-0.39, 0.29) is 24.0 Å². The lowest BCUT2D eigenvalue weighted by Crippen LogP contribution is -2.37. The summed E-state index contributed by atoms with van der Waals surface area (Å²) in [7, 11) is 1.63. The largest absolute Gasteiger partial charge is 0.497 e. The Morgan fingerprint density at radius 3 is 2.28 bits per heavy atom. The first-order valence-electron chi connectivity index (χ1n) is 8.69. The first kappa shape index (κ1) is 17.4. The molecule has 1 saturated carbocycles. The summed E-state index contributed by atoms with van der Waals surface area (Å²) < 4.78 is 5.22. The van der Waals surface area contributed by atoms with Crippen LogP contribution in [0.2, 0.25) is 0 Å². The smallest absolute Gasteiger partial charge is 0.223 e. The van der Waals surface area contributed by atoms with Crippen molar-refractivity contribution in [3.63, 3.8) is 0 Å². The number of hydrogen-bond acceptors (Lipinski definition) is 4. The highest BCUT2D eigenvalue weighted by molar-refractivity contribution is 5.79. The van der Waals surface area contributed by atoms with Crippen LogP contribution in [0.1, 0.15) is 42.9 Å². The number of carbonyl (C=O) groups excluding carboxylic acids is 1. The van der Waals surface area contributed by atoms with Crippen LogP contribution in [0.15, 0.2) is 48.8 Å². The number of aliphatic hydroxyl groups excluding tert-OH is 1. The van der Waals surface area contributed by atoms with Gasteiger partial charge in [0.2, 0.25) is 5.91 Å². The molecule has 1 amide bonds. The highest BCUT2D eigenvalue weighted by atomic mass is 16.5. The highest BCUT2D eigenvalue weighted by Gasteiger charge is 2.27. The Morgan fingerprint density at radius 1 is 1.08 bits per heavy atom. The maximum absolute atomic E-state index is 12.8. The maximum atomic E-state index is 12.8. The number of benzene rings is 1. The van der Waals surface area contributed by atoms with Crippen LogP contribution in [0, 0.1) is 5.92 Å². The van der Waals surface area contributed by atoms with E-state index in [0.717, 1.165) is 29.7 Å². The molecule has 1 aromatic heterocycles. The van der Waals surface area contributed by atoms with Gasteiger partial charge in [-0.1, -0.05) is 12.1 Å². The van der Waals surface area contributed by atoms with Crippen molar-refractivity contribution in [2.24, 2.45) is 5.92 Å². The molecule has 1 aromatic carbocycles. The Kier molecular flexibility index (Phi) is 5.66. The van der Waals surface area contributed by atoms with E-state index in [1.807, 2.05) is 36.4 Å². The van der Waals surface area contributed by atoms with Gasteiger partial charge in [-0.15, -0.1) is 0 Å². The van der Waals surface area contributed by atoms with Crippen LogP contribution in [-0.2, 0) is 4.79 Å². The lowest BCUT2D eigenvalue weighted by molar-refractivity contribution is -0.127. The molecule has 1 aliphatic carbocycles. The molecule has 25 heavy (non-hydrogen) atoms. The van der Waals surface area contributed by atoms with E-state index in [1.54, 1.807) is 19.5 Å². The molecule has 1 aliphatic rings. The molecule has 5 heteroatoms. The Morgan fingerprint density at radius 2 is 1.68 bits per heavy atom. The molecule has 3 rings (SSSR count). The highest BCUT2D eigenvalue weighted by Crippen LogP contribution is 2.28. The van der Waals surface area contributed by atoms with Crippen molar-refractivity contribution in [1.29, 1.82) is 0 Å². The van der Waals surface area contributed by atoms with Crippen molar-refractivity contribution in [2.75, 3.05) is 7.11 Å². The number of pyridine rings is 1. The average Bonchev–Trinajstić information content (AvgIpc) is 2.67. The van der Waals surface area contributed by atoms with Gasteiger partial charge in [0.15, 0.2) is 0 Å². The van der Waals surface area contributed by atoms with E-state index < -0.39 is 0 Å². The molecule has 0 bridgehead atoms. The van der Waals surface area contributed by atoms with Crippen molar-refractivity contribution in [2.45, 2.75) is 37.8 Å². The number of hydrogen-bond donors (Lipinski definition) is 2. The van der Waals surface area contributed by atoms with Crippen LogP contribution in [0.25, 0.3) is 0 Å². The number of methoxy groups -OCH3 is 1. The van der Waals surface area contributed by atoms with Gasteiger partial charge in [0.25, 0.3) is 0 Å². The maximum Gasteiger partial charge on any atom is 0.223 e. The summed E-state index contributed by atoms with van der Waals surface area (Å²) in [6, 6.07) is 11.3. The van der Waals surface area contributed by atoms with Gasteiger partial charge in [0.05, 0.1) is 19.3 Å². The standard InChI is InChI=1S/C20H24N2O3/c1-25-18-8-4-14(5-9-18)19(15-10-12-21-13-11-15)22-20(24)16-2-6-17(23)7-3-16/h4-5,8-13,16-17,19,23H,2-3,6-7H2,1H3,(H,22,24)/t16?,17?,19-/m1/s1.